The van der Waals surface area contributed by atoms with Crippen LogP contribution in [0.3, 0.4) is 0 Å². The lowest BCUT2D eigenvalue weighted by atomic mass is 9.97. The topological polar surface area (TPSA) is 58.3 Å². The van der Waals surface area contributed by atoms with Gasteiger partial charge in [-0.1, -0.05) is 20.8 Å². The molecule has 0 amide bonds. The molecule has 0 aromatic carbocycles. The minimum absolute atomic E-state index is 0.204. The molecule has 0 saturated heterocycles. The van der Waals surface area contributed by atoms with Crippen LogP contribution in [-0.4, -0.2) is 11.3 Å². The van der Waals surface area contributed by atoms with Crippen LogP contribution in [-0.2, 0) is 0 Å². The Kier molecular flexibility index (Phi) is 3.77. The number of aliphatic hydroxyl groups is 1. The second-order valence-corrected chi connectivity index (χ2v) is 2.71. The Morgan fingerprint density at radius 2 is 1.78 bits per heavy atom. The molecule has 3 nitrogen and oxygen atoms in total. The first kappa shape index (κ1) is 8.88. The van der Waals surface area contributed by atoms with E-state index >= 15 is 0 Å². The summed E-state index contributed by atoms with van der Waals surface area (Å²) >= 11 is 0. The largest absolute Gasteiger partial charge is 0.377 e. The highest BCUT2D eigenvalue weighted by molar-refractivity contribution is 4.62. The van der Waals surface area contributed by atoms with Gasteiger partial charge in [0.2, 0.25) is 0 Å². The van der Waals surface area contributed by atoms with Gasteiger partial charge in [-0.25, -0.2) is 5.43 Å². The molecule has 2 atom stereocenters. The molecule has 0 bridgehead atoms. The molecular formula is C6H16N2O. The first-order chi connectivity index (χ1) is 4.09. The lowest BCUT2D eigenvalue weighted by Gasteiger charge is -2.20. The van der Waals surface area contributed by atoms with Crippen LogP contribution in [0.2, 0.25) is 0 Å². The maximum Gasteiger partial charge on any atom is 0.119 e. The molecule has 0 aliphatic carbocycles. The second-order valence-electron chi connectivity index (χ2n) is 2.71. The molecule has 4 N–H and O–H groups in total. The van der Waals surface area contributed by atoms with Crippen molar-refractivity contribution in [1.82, 2.24) is 5.43 Å². The van der Waals surface area contributed by atoms with Crippen LogP contribution < -0.4 is 11.3 Å². The molecule has 0 fully saturated rings. The predicted molar refractivity (Wildman–Crippen MR) is 37.3 cm³/mol. The van der Waals surface area contributed by atoms with Crippen molar-refractivity contribution in [3.63, 3.8) is 0 Å². The van der Waals surface area contributed by atoms with Crippen molar-refractivity contribution in [2.45, 2.75) is 27.0 Å². The van der Waals surface area contributed by atoms with Gasteiger partial charge in [0.1, 0.15) is 6.23 Å². The third kappa shape index (κ3) is 2.79. The molecule has 0 rings (SSSR count). The molecular weight excluding hydrogens is 116 g/mol. The minimum Gasteiger partial charge on any atom is -0.377 e. The van der Waals surface area contributed by atoms with E-state index < -0.39 is 6.23 Å². The molecule has 0 aromatic heterocycles. The number of hydrogen-bond acceptors (Lipinski definition) is 3. The molecule has 0 spiro atoms. The van der Waals surface area contributed by atoms with Crippen molar-refractivity contribution in [1.29, 1.82) is 0 Å². The number of nitrogens with two attached hydrogens (primary N) is 1. The summed E-state index contributed by atoms with van der Waals surface area (Å²) in [5.41, 5.74) is 2.30. The fourth-order valence-corrected chi connectivity index (χ4v) is 0.516. The first-order valence-electron chi connectivity index (χ1n) is 3.23. The zero-order valence-electron chi connectivity index (χ0n) is 6.26. The van der Waals surface area contributed by atoms with E-state index in [1.165, 1.54) is 0 Å². The highest BCUT2D eigenvalue weighted by atomic mass is 16.3. The second kappa shape index (κ2) is 3.82. The van der Waals surface area contributed by atoms with Crippen molar-refractivity contribution in [2.24, 2.45) is 17.7 Å². The Labute approximate surface area is 56.2 Å². The number of hydrazine groups is 1. The van der Waals surface area contributed by atoms with Gasteiger partial charge in [0.15, 0.2) is 0 Å². The van der Waals surface area contributed by atoms with E-state index in [0.717, 1.165) is 0 Å². The monoisotopic (exact) mass is 132 g/mol. The van der Waals surface area contributed by atoms with Crippen LogP contribution in [0, 0.1) is 11.8 Å². The van der Waals surface area contributed by atoms with E-state index in [1.807, 2.05) is 20.8 Å². The van der Waals surface area contributed by atoms with Crippen molar-refractivity contribution in [2.75, 3.05) is 0 Å². The zero-order valence-corrected chi connectivity index (χ0v) is 6.26. The molecule has 0 radical (unpaired) electrons. The Balaban J connectivity index is 3.58. The molecule has 9 heavy (non-hydrogen) atoms. The van der Waals surface area contributed by atoms with Gasteiger partial charge < -0.3 is 5.11 Å². The Bertz CT molecular complexity index is 75.5. The van der Waals surface area contributed by atoms with Gasteiger partial charge >= 0.3 is 0 Å². The highest BCUT2D eigenvalue weighted by Crippen LogP contribution is 2.11. The molecule has 0 aliphatic heterocycles. The molecule has 0 aliphatic rings. The van der Waals surface area contributed by atoms with E-state index in [4.69, 9.17) is 10.9 Å². The van der Waals surface area contributed by atoms with E-state index in [2.05, 4.69) is 5.43 Å². The minimum atomic E-state index is -0.579. The standard InChI is InChI=1S/C6H16N2O/c1-4(2)5(3)6(9)8-7/h4-6,8-9H,7H2,1-3H3/t5-,6-/m0/s1. The molecule has 0 saturated carbocycles. The summed E-state index contributed by atoms with van der Waals surface area (Å²) in [6.07, 6.45) is -0.579. The van der Waals surface area contributed by atoms with Crippen molar-refractivity contribution < 1.29 is 5.11 Å². The normalized spacial score (nSPS) is 18.0. The molecule has 0 aromatic rings. The summed E-state index contributed by atoms with van der Waals surface area (Å²) in [4.78, 5) is 0. The molecule has 0 heterocycles. The smallest absolute Gasteiger partial charge is 0.119 e. The summed E-state index contributed by atoms with van der Waals surface area (Å²) < 4.78 is 0. The summed E-state index contributed by atoms with van der Waals surface area (Å²) in [5, 5.41) is 9.06. The van der Waals surface area contributed by atoms with Crippen LogP contribution in [0.1, 0.15) is 20.8 Å². The fourth-order valence-electron chi connectivity index (χ4n) is 0.516. The van der Waals surface area contributed by atoms with Crippen LogP contribution in [0.5, 0.6) is 0 Å². The fraction of sp³-hybridized carbons (Fsp3) is 1.00. The lowest BCUT2D eigenvalue weighted by molar-refractivity contribution is 0.0614. The average molecular weight is 132 g/mol. The van der Waals surface area contributed by atoms with Crippen LogP contribution in [0.4, 0.5) is 0 Å². The molecule has 0 unspecified atom stereocenters. The third-order valence-corrected chi connectivity index (χ3v) is 1.72. The quantitative estimate of drug-likeness (QED) is 0.289. The summed E-state index contributed by atoms with van der Waals surface area (Å²) in [5.74, 6) is 5.67. The number of rotatable bonds is 3. The van der Waals surface area contributed by atoms with E-state index in [0.29, 0.717) is 5.92 Å². The van der Waals surface area contributed by atoms with Crippen LogP contribution >= 0.6 is 0 Å². The predicted octanol–water partition coefficient (Wildman–Crippen LogP) is 0.0602. The Morgan fingerprint density at radius 1 is 1.33 bits per heavy atom. The highest BCUT2D eigenvalue weighted by Gasteiger charge is 2.14. The van der Waals surface area contributed by atoms with Gasteiger partial charge in [-0.05, 0) is 11.8 Å². The number of nitrogens with one attached hydrogen (secondary N) is 1. The van der Waals surface area contributed by atoms with Gasteiger partial charge in [0, 0.05) is 0 Å². The van der Waals surface area contributed by atoms with E-state index in [1.54, 1.807) is 0 Å². The Hall–Kier alpha value is -0.120. The number of hydrogen-bond donors (Lipinski definition) is 3. The SMILES string of the molecule is CC(C)[C@H](C)[C@H](O)NN. The van der Waals surface area contributed by atoms with Crippen molar-refractivity contribution in [3.8, 4) is 0 Å². The van der Waals surface area contributed by atoms with E-state index in [-0.39, 0.29) is 5.92 Å². The first-order valence-corrected chi connectivity index (χ1v) is 3.23. The zero-order chi connectivity index (χ0) is 7.44. The van der Waals surface area contributed by atoms with Gasteiger partial charge in [0.25, 0.3) is 0 Å². The Morgan fingerprint density at radius 3 is 1.89 bits per heavy atom. The van der Waals surface area contributed by atoms with Crippen molar-refractivity contribution in [3.05, 3.63) is 0 Å². The van der Waals surface area contributed by atoms with E-state index in [9.17, 15) is 0 Å². The van der Waals surface area contributed by atoms with Gasteiger partial charge in [-0.3, -0.25) is 5.84 Å². The van der Waals surface area contributed by atoms with Gasteiger partial charge in [0.05, 0.1) is 0 Å². The van der Waals surface area contributed by atoms with Gasteiger partial charge in [-0.15, -0.1) is 0 Å². The summed E-state index contributed by atoms with van der Waals surface area (Å²) in [6.45, 7) is 6.05. The van der Waals surface area contributed by atoms with Crippen molar-refractivity contribution >= 4 is 0 Å². The maximum atomic E-state index is 9.06. The summed E-state index contributed by atoms with van der Waals surface area (Å²) in [7, 11) is 0. The number of aliphatic hydroxyl groups excluding tert-OH is 1. The third-order valence-electron chi connectivity index (χ3n) is 1.72. The average Bonchev–Trinajstić information content (AvgIpc) is 1.84. The maximum absolute atomic E-state index is 9.06. The molecule has 3 heteroatoms. The van der Waals surface area contributed by atoms with Crippen LogP contribution in [0.25, 0.3) is 0 Å². The molecule has 56 valence electrons. The van der Waals surface area contributed by atoms with Gasteiger partial charge in [-0.2, -0.15) is 0 Å². The van der Waals surface area contributed by atoms with Crippen LogP contribution in [0.15, 0.2) is 0 Å². The summed E-state index contributed by atoms with van der Waals surface area (Å²) in [6, 6.07) is 0. The lowest BCUT2D eigenvalue weighted by Crippen LogP contribution is -2.41.